The highest BCUT2D eigenvalue weighted by Gasteiger charge is 2.19. The predicted octanol–water partition coefficient (Wildman–Crippen LogP) is 1.18. The number of anilines is 2. The minimum Gasteiger partial charge on any atom is -0.395 e. The Labute approximate surface area is 128 Å². The molecule has 0 aliphatic carbocycles. The molecule has 0 spiro atoms. The minimum atomic E-state index is 0.182. The van der Waals surface area contributed by atoms with E-state index in [0.29, 0.717) is 28.2 Å². The number of nitrogens with one attached hydrogen (secondary N) is 1. The molecule has 1 aromatic heterocycles. The summed E-state index contributed by atoms with van der Waals surface area (Å²) in [6, 6.07) is 1.65. The van der Waals surface area contributed by atoms with Crippen LogP contribution in [-0.4, -0.2) is 54.3 Å². The van der Waals surface area contributed by atoms with Gasteiger partial charge in [0.1, 0.15) is 5.82 Å². The van der Waals surface area contributed by atoms with E-state index in [1.54, 1.807) is 6.07 Å². The van der Waals surface area contributed by atoms with Crippen molar-refractivity contribution in [2.45, 2.75) is 6.42 Å². The molecule has 4 N–H and O–H groups in total. The molecule has 6 nitrogen and oxygen atoms in total. The van der Waals surface area contributed by atoms with Crippen LogP contribution in [0.1, 0.15) is 6.42 Å². The zero-order valence-corrected chi connectivity index (χ0v) is 12.7. The van der Waals surface area contributed by atoms with Gasteiger partial charge in [0, 0.05) is 26.2 Å². The summed E-state index contributed by atoms with van der Waals surface area (Å²) in [5.41, 5.74) is 2.47. The van der Waals surface area contributed by atoms with E-state index >= 15 is 0 Å². The van der Waals surface area contributed by atoms with Crippen molar-refractivity contribution >= 4 is 34.8 Å². The number of hydrogen-bond donors (Lipinski definition) is 3. The van der Waals surface area contributed by atoms with Crippen LogP contribution in [0.4, 0.5) is 11.6 Å². The maximum atomic E-state index is 9.01. The molecule has 0 amide bonds. The molecule has 0 unspecified atom stereocenters. The fourth-order valence-electron chi connectivity index (χ4n) is 2.33. The zero-order valence-electron chi connectivity index (χ0n) is 11.1. The van der Waals surface area contributed by atoms with Gasteiger partial charge in [-0.05, 0) is 19.0 Å². The van der Waals surface area contributed by atoms with Crippen molar-refractivity contribution in [2.24, 2.45) is 5.84 Å². The molecule has 20 heavy (non-hydrogen) atoms. The van der Waals surface area contributed by atoms with Crippen LogP contribution in [0, 0.1) is 0 Å². The number of rotatable bonds is 4. The van der Waals surface area contributed by atoms with Gasteiger partial charge < -0.3 is 15.4 Å². The molecule has 0 saturated carbocycles. The second kappa shape index (κ2) is 7.28. The fraction of sp³-hybridized carbons (Fsp3) is 0.583. The van der Waals surface area contributed by atoms with E-state index in [0.717, 1.165) is 32.6 Å². The van der Waals surface area contributed by atoms with Crippen LogP contribution in [0.5, 0.6) is 0 Å². The van der Waals surface area contributed by atoms with Gasteiger partial charge >= 0.3 is 0 Å². The molecule has 1 aromatic rings. The molecule has 112 valence electrons. The van der Waals surface area contributed by atoms with Crippen molar-refractivity contribution in [3.63, 3.8) is 0 Å². The highest BCUT2D eigenvalue weighted by molar-refractivity contribution is 6.37. The van der Waals surface area contributed by atoms with E-state index < -0.39 is 0 Å². The van der Waals surface area contributed by atoms with Crippen LogP contribution in [0.15, 0.2) is 6.07 Å². The molecule has 0 bridgehead atoms. The molecule has 2 heterocycles. The van der Waals surface area contributed by atoms with E-state index in [9.17, 15) is 0 Å². The summed E-state index contributed by atoms with van der Waals surface area (Å²) in [6.07, 6.45) is 0.992. The molecule has 8 heteroatoms. The van der Waals surface area contributed by atoms with Crippen molar-refractivity contribution < 1.29 is 5.11 Å². The first-order valence-corrected chi connectivity index (χ1v) is 7.32. The second-order valence-electron chi connectivity index (χ2n) is 4.67. The van der Waals surface area contributed by atoms with Crippen molar-refractivity contribution in [2.75, 3.05) is 49.7 Å². The van der Waals surface area contributed by atoms with E-state index in [2.05, 4.69) is 20.2 Å². The summed E-state index contributed by atoms with van der Waals surface area (Å²) in [5, 5.41) is 9.93. The molecule has 0 atom stereocenters. The molecule has 0 radical (unpaired) electrons. The van der Waals surface area contributed by atoms with E-state index in [-0.39, 0.29) is 6.61 Å². The Morgan fingerprint density at radius 3 is 2.75 bits per heavy atom. The summed E-state index contributed by atoms with van der Waals surface area (Å²) in [7, 11) is 0. The van der Waals surface area contributed by atoms with E-state index in [4.69, 9.17) is 34.2 Å². The average molecular weight is 320 g/mol. The topological polar surface area (TPSA) is 77.7 Å². The van der Waals surface area contributed by atoms with Gasteiger partial charge in [-0.25, -0.2) is 10.8 Å². The fourth-order valence-corrected chi connectivity index (χ4v) is 2.86. The lowest BCUT2D eigenvalue weighted by Gasteiger charge is -2.24. The van der Waals surface area contributed by atoms with Crippen LogP contribution < -0.4 is 16.2 Å². The molecule has 2 rings (SSSR count). The van der Waals surface area contributed by atoms with Crippen molar-refractivity contribution in [3.8, 4) is 0 Å². The lowest BCUT2D eigenvalue weighted by atomic mass is 10.3. The maximum absolute atomic E-state index is 9.01. The highest BCUT2D eigenvalue weighted by Crippen LogP contribution is 2.31. The molecule has 1 fully saturated rings. The number of aliphatic hydroxyl groups excluding tert-OH is 1. The Morgan fingerprint density at radius 2 is 2.05 bits per heavy atom. The van der Waals surface area contributed by atoms with Gasteiger partial charge in [-0.15, -0.1) is 0 Å². The number of pyridine rings is 1. The third kappa shape index (κ3) is 3.65. The van der Waals surface area contributed by atoms with Gasteiger partial charge in [-0.1, -0.05) is 23.2 Å². The van der Waals surface area contributed by atoms with Crippen LogP contribution >= 0.6 is 23.2 Å². The number of hydrogen-bond acceptors (Lipinski definition) is 6. The summed E-state index contributed by atoms with van der Waals surface area (Å²) in [5.74, 6) is 6.51. The summed E-state index contributed by atoms with van der Waals surface area (Å²) >= 11 is 12.2. The standard InChI is InChI=1S/C12H19Cl2N5O/c13-9-8-10(14)12(16-11(9)17-15)19-3-1-2-18(4-5-19)6-7-20/h8,20H,1-7,15H2,(H,16,17). The lowest BCUT2D eigenvalue weighted by molar-refractivity contribution is 0.204. The molecular formula is C12H19Cl2N5O. The maximum Gasteiger partial charge on any atom is 0.161 e. The average Bonchev–Trinajstić information content (AvgIpc) is 2.65. The second-order valence-corrected chi connectivity index (χ2v) is 5.49. The first kappa shape index (κ1) is 15.6. The summed E-state index contributed by atoms with van der Waals surface area (Å²) in [4.78, 5) is 8.73. The first-order valence-electron chi connectivity index (χ1n) is 6.56. The van der Waals surface area contributed by atoms with Crippen LogP contribution in [0.2, 0.25) is 10.0 Å². The molecule has 1 aliphatic heterocycles. The monoisotopic (exact) mass is 319 g/mol. The quantitative estimate of drug-likeness (QED) is 0.571. The van der Waals surface area contributed by atoms with Gasteiger partial charge in [-0.2, -0.15) is 0 Å². The first-order chi connectivity index (χ1) is 9.65. The third-order valence-electron chi connectivity index (χ3n) is 3.35. The Hall–Kier alpha value is -0.790. The number of nitrogens with zero attached hydrogens (tertiary/aromatic N) is 3. The Bertz CT molecular complexity index is 460. The minimum absolute atomic E-state index is 0.182. The predicted molar refractivity (Wildman–Crippen MR) is 82.4 cm³/mol. The molecule has 1 saturated heterocycles. The van der Waals surface area contributed by atoms with Crippen LogP contribution in [-0.2, 0) is 0 Å². The zero-order chi connectivity index (χ0) is 14.5. The van der Waals surface area contributed by atoms with Crippen molar-refractivity contribution in [1.29, 1.82) is 0 Å². The number of nitrogens with two attached hydrogens (primary N) is 1. The Balaban J connectivity index is 2.15. The van der Waals surface area contributed by atoms with Crippen molar-refractivity contribution in [3.05, 3.63) is 16.1 Å². The lowest BCUT2D eigenvalue weighted by Crippen LogP contribution is -2.33. The van der Waals surface area contributed by atoms with Crippen LogP contribution in [0.25, 0.3) is 0 Å². The SMILES string of the molecule is NNc1nc(N2CCCN(CCO)CC2)c(Cl)cc1Cl. The van der Waals surface area contributed by atoms with Gasteiger partial charge in [0.25, 0.3) is 0 Å². The largest absolute Gasteiger partial charge is 0.395 e. The summed E-state index contributed by atoms with van der Waals surface area (Å²) in [6.45, 7) is 4.38. The Kier molecular flexibility index (Phi) is 5.68. The molecule has 0 aromatic carbocycles. The number of halogens is 2. The van der Waals surface area contributed by atoms with Gasteiger partial charge in [0.2, 0.25) is 0 Å². The van der Waals surface area contributed by atoms with E-state index in [1.165, 1.54) is 0 Å². The number of β-amino-alcohol motifs (C(OH)–C–C–N with tert-alkyl or cyclic N) is 1. The van der Waals surface area contributed by atoms with Crippen LogP contribution in [0.3, 0.4) is 0 Å². The molecular weight excluding hydrogens is 301 g/mol. The smallest absolute Gasteiger partial charge is 0.161 e. The highest BCUT2D eigenvalue weighted by atomic mass is 35.5. The van der Waals surface area contributed by atoms with Gasteiger partial charge in [0.05, 0.1) is 16.7 Å². The van der Waals surface area contributed by atoms with Gasteiger partial charge in [0.15, 0.2) is 5.82 Å². The number of hydrazine groups is 1. The number of aromatic nitrogens is 1. The van der Waals surface area contributed by atoms with Gasteiger partial charge in [-0.3, -0.25) is 4.90 Å². The van der Waals surface area contributed by atoms with Crippen molar-refractivity contribution in [1.82, 2.24) is 9.88 Å². The number of nitrogen functional groups attached to an aromatic ring is 1. The number of aliphatic hydroxyl groups is 1. The third-order valence-corrected chi connectivity index (χ3v) is 3.92. The summed E-state index contributed by atoms with van der Waals surface area (Å²) < 4.78 is 0. The Morgan fingerprint density at radius 1 is 1.25 bits per heavy atom. The van der Waals surface area contributed by atoms with E-state index in [1.807, 2.05) is 0 Å². The molecule has 1 aliphatic rings. The normalized spacial score (nSPS) is 17.1.